The number of rotatable bonds is 4. The fraction of sp³-hybridized carbons (Fsp3) is 1.00. The molecule has 2 fully saturated rings. The Morgan fingerprint density at radius 1 is 1.33 bits per heavy atom. The zero-order valence-corrected chi connectivity index (χ0v) is 9.87. The molecule has 15 heavy (non-hydrogen) atoms. The second-order valence-corrected chi connectivity index (χ2v) is 4.97. The van der Waals surface area contributed by atoms with E-state index in [-0.39, 0.29) is 0 Å². The van der Waals surface area contributed by atoms with E-state index < -0.39 is 0 Å². The van der Waals surface area contributed by atoms with Crippen molar-refractivity contribution in [1.82, 2.24) is 5.32 Å². The molecule has 2 aliphatic rings. The maximum absolute atomic E-state index is 5.78. The fourth-order valence-electron chi connectivity index (χ4n) is 2.47. The van der Waals surface area contributed by atoms with Crippen LogP contribution in [0.2, 0.25) is 0 Å². The van der Waals surface area contributed by atoms with Gasteiger partial charge in [0, 0.05) is 19.2 Å². The van der Waals surface area contributed by atoms with Gasteiger partial charge in [-0.3, -0.25) is 0 Å². The van der Waals surface area contributed by atoms with Crippen LogP contribution < -0.4 is 5.32 Å². The molecule has 0 aromatic carbocycles. The van der Waals surface area contributed by atoms with Crippen LogP contribution in [0.15, 0.2) is 0 Å². The molecule has 0 bridgehead atoms. The Hall–Kier alpha value is -0.120. The van der Waals surface area contributed by atoms with Gasteiger partial charge >= 0.3 is 0 Å². The van der Waals surface area contributed by atoms with Gasteiger partial charge < -0.3 is 14.8 Å². The molecule has 0 aliphatic carbocycles. The third kappa shape index (κ3) is 3.16. The molecule has 1 N–H and O–H groups in total. The SMILES string of the molecule is CC1CCC(CNC(C)C2CCOC2)O1. The largest absolute Gasteiger partial charge is 0.381 e. The minimum absolute atomic E-state index is 0.435. The van der Waals surface area contributed by atoms with Gasteiger partial charge in [0.15, 0.2) is 0 Å². The zero-order valence-electron chi connectivity index (χ0n) is 9.87. The molecule has 3 nitrogen and oxygen atoms in total. The summed E-state index contributed by atoms with van der Waals surface area (Å²) in [6.45, 7) is 7.29. The molecule has 2 aliphatic heterocycles. The van der Waals surface area contributed by atoms with E-state index in [1.165, 1.54) is 19.3 Å². The van der Waals surface area contributed by atoms with Crippen molar-refractivity contribution in [1.29, 1.82) is 0 Å². The van der Waals surface area contributed by atoms with Crippen LogP contribution >= 0.6 is 0 Å². The third-order valence-corrected chi connectivity index (χ3v) is 3.66. The Morgan fingerprint density at radius 3 is 2.80 bits per heavy atom. The van der Waals surface area contributed by atoms with E-state index >= 15 is 0 Å². The number of nitrogens with one attached hydrogen (secondary N) is 1. The average molecular weight is 213 g/mol. The van der Waals surface area contributed by atoms with Crippen LogP contribution in [-0.4, -0.2) is 38.0 Å². The summed E-state index contributed by atoms with van der Waals surface area (Å²) in [5.41, 5.74) is 0. The molecule has 0 saturated carbocycles. The number of hydrogen-bond acceptors (Lipinski definition) is 3. The smallest absolute Gasteiger partial charge is 0.0704 e. The predicted molar refractivity (Wildman–Crippen MR) is 60.0 cm³/mol. The maximum atomic E-state index is 5.78. The lowest BCUT2D eigenvalue weighted by Gasteiger charge is -2.21. The van der Waals surface area contributed by atoms with Gasteiger partial charge in [0.2, 0.25) is 0 Å². The van der Waals surface area contributed by atoms with Crippen molar-refractivity contribution in [2.75, 3.05) is 19.8 Å². The van der Waals surface area contributed by atoms with Gasteiger partial charge in [-0.2, -0.15) is 0 Å². The Bertz CT molecular complexity index is 192. The van der Waals surface area contributed by atoms with Crippen molar-refractivity contribution >= 4 is 0 Å². The second kappa shape index (κ2) is 5.28. The monoisotopic (exact) mass is 213 g/mol. The molecule has 0 amide bonds. The summed E-state index contributed by atoms with van der Waals surface area (Å²) in [6, 6.07) is 0.562. The second-order valence-electron chi connectivity index (χ2n) is 4.97. The molecule has 88 valence electrons. The van der Waals surface area contributed by atoms with Crippen molar-refractivity contribution in [3.63, 3.8) is 0 Å². The molecule has 0 aromatic rings. The van der Waals surface area contributed by atoms with Crippen LogP contribution in [0.1, 0.15) is 33.1 Å². The standard InChI is InChI=1S/C12H23NO2/c1-9-3-4-12(15-9)7-13-10(2)11-5-6-14-8-11/h9-13H,3-8H2,1-2H3. The highest BCUT2D eigenvalue weighted by atomic mass is 16.5. The van der Waals surface area contributed by atoms with Gasteiger partial charge in [-0.1, -0.05) is 0 Å². The third-order valence-electron chi connectivity index (χ3n) is 3.66. The van der Waals surface area contributed by atoms with Crippen molar-refractivity contribution in [3.05, 3.63) is 0 Å². The first-order valence-electron chi connectivity index (χ1n) is 6.22. The summed E-state index contributed by atoms with van der Waals surface area (Å²) < 4.78 is 11.2. The van der Waals surface area contributed by atoms with Crippen molar-refractivity contribution in [2.45, 2.75) is 51.4 Å². The van der Waals surface area contributed by atoms with E-state index in [2.05, 4.69) is 19.2 Å². The number of hydrogen-bond donors (Lipinski definition) is 1. The van der Waals surface area contributed by atoms with Crippen LogP contribution in [0.25, 0.3) is 0 Å². The highest BCUT2D eigenvalue weighted by Gasteiger charge is 2.25. The molecule has 4 unspecified atom stereocenters. The van der Waals surface area contributed by atoms with Gasteiger partial charge in [0.25, 0.3) is 0 Å². The lowest BCUT2D eigenvalue weighted by atomic mass is 10.0. The molecule has 2 saturated heterocycles. The van der Waals surface area contributed by atoms with E-state index in [0.717, 1.165) is 19.8 Å². The highest BCUT2D eigenvalue weighted by molar-refractivity contribution is 4.79. The normalized spacial score (nSPS) is 38.4. The van der Waals surface area contributed by atoms with Gasteiger partial charge in [-0.25, -0.2) is 0 Å². The average Bonchev–Trinajstić information content (AvgIpc) is 2.84. The molecule has 0 spiro atoms. The van der Waals surface area contributed by atoms with E-state index in [0.29, 0.717) is 24.2 Å². The van der Waals surface area contributed by atoms with Crippen LogP contribution in [0, 0.1) is 5.92 Å². The zero-order chi connectivity index (χ0) is 10.7. The first kappa shape index (κ1) is 11.4. The molecular weight excluding hydrogens is 190 g/mol. The summed E-state index contributed by atoms with van der Waals surface area (Å²) in [5.74, 6) is 0.698. The molecular formula is C12H23NO2. The Morgan fingerprint density at radius 2 is 2.20 bits per heavy atom. The first-order chi connectivity index (χ1) is 7.25. The van der Waals surface area contributed by atoms with Gasteiger partial charge in [0.1, 0.15) is 0 Å². The van der Waals surface area contributed by atoms with Crippen molar-refractivity contribution in [2.24, 2.45) is 5.92 Å². The molecule has 0 aromatic heterocycles. The quantitative estimate of drug-likeness (QED) is 0.769. The van der Waals surface area contributed by atoms with E-state index in [1.54, 1.807) is 0 Å². The van der Waals surface area contributed by atoms with Crippen LogP contribution in [-0.2, 0) is 9.47 Å². The lowest BCUT2D eigenvalue weighted by molar-refractivity contribution is 0.0531. The van der Waals surface area contributed by atoms with Gasteiger partial charge in [-0.05, 0) is 39.0 Å². The van der Waals surface area contributed by atoms with Crippen LogP contribution in [0.3, 0.4) is 0 Å². The minimum Gasteiger partial charge on any atom is -0.381 e. The topological polar surface area (TPSA) is 30.5 Å². The fourth-order valence-corrected chi connectivity index (χ4v) is 2.47. The van der Waals surface area contributed by atoms with Gasteiger partial charge in [0.05, 0.1) is 18.8 Å². The Kier molecular flexibility index (Phi) is 4.00. The summed E-state index contributed by atoms with van der Waals surface area (Å²) in [5, 5.41) is 3.58. The molecule has 3 heteroatoms. The summed E-state index contributed by atoms with van der Waals surface area (Å²) >= 11 is 0. The summed E-state index contributed by atoms with van der Waals surface area (Å²) in [4.78, 5) is 0. The van der Waals surface area contributed by atoms with E-state index in [1.807, 2.05) is 0 Å². The van der Waals surface area contributed by atoms with Gasteiger partial charge in [-0.15, -0.1) is 0 Å². The predicted octanol–water partition coefficient (Wildman–Crippen LogP) is 1.57. The molecule has 2 rings (SSSR count). The Labute approximate surface area is 92.5 Å². The lowest BCUT2D eigenvalue weighted by Crippen LogP contribution is -2.38. The first-order valence-corrected chi connectivity index (χ1v) is 6.22. The van der Waals surface area contributed by atoms with Crippen molar-refractivity contribution in [3.8, 4) is 0 Å². The van der Waals surface area contributed by atoms with Crippen molar-refractivity contribution < 1.29 is 9.47 Å². The van der Waals surface area contributed by atoms with Crippen LogP contribution in [0.4, 0.5) is 0 Å². The van der Waals surface area contributed by atoms with E-state index in [4.69, 9.17) is 9.47 Å². The Balaban J connectivity index is 1.64. The maximum Gasteiger partial charge on any atom is 0.0704 e. The highest BCUT2D eigenvalue weighted by Crippen LogP contribution is 2.20. The molecule has 0 radical (unpaired) electrons. The molecule has 4 atom stereocenters. The van der Waals surface area contributed by atoms with E-state index in [9.17, 15) is 0 Å². The minimum atomic E-state index is 0.435. The van der Waals surface area contributed by atoms with Crippen LogP contribution in [0.5, 0.6) is 0 Å². The summed E-state index contributed by atoms with van der Waals surface area (Å²) in [6.07, 6.45) is 4.53. The molecule has 2 heterocycles. The summed E-state index contributed by atoms with van der Waals surface area (Å²) in [7, 11) is 0. The number of ether oxygens (including phenoxy) is 2.